The van der Waals surface area contributed by atoms with Crippen molar-refractivity contribution in [2.75, 3.05) is 16.4 Å². The molecule has 39 heavy (non-hydrogen) atoms. The normalized spacial score (nSPS) is 13.3. The molecule has 5 rings (SSSR count). The van der Waals surface area contributed by atoms with Gasteiger partial charge in [-0.3, -0.25) is 9.59 Å². The van der Waals surface area contributed by atoms with Crippen LogP contribution in [0.15, 0.2) is 48.5 Å². The molecule has 0 spiro atoms. The second kappa shape index (κ2) is 10.2. The summed E-state index contributed by atoms with van der Waals surface area (Å²) in [5, 5.41) is 5.30. The molecular weight excluding hydrogens is 564 g/mol. The van der Waals surface area contributed by atoms with Crippen LogP contribution in [0, 0.1) is 11.7 Å². The molecule has 14 heteroatoms. The van der Waals surface area contributed by atoms with Crippen LogP contribution in [-0.4, -0.2) is 23.2 Å². The zero-order valence-corrected chi connectivity index (χ0v) is 21.1. The van der Waals surface area contributed by atoms with E-state index < -0.39 is 23.8 Å². The number of benzene rings is 3. The third-order valence-electron chi connectivity index (χ3n) is 5.55. The maximum Gasteiger partial charge on any atom is 0.573 e. The molecule has 0 atom stereocenters. The first-order valence-corrected chi connectivity index (χ1v) is 12.5. The smallest absolute Gasteiger partial charge is 0.453 e. The highest BCUT2D eigenvalue weighted by atomic mass is 35.5. The average molecular weight is 581 g/mol. The summed E-state index contributed by atoms with van der Waals surface area (Å²) in [6, 6.07) is 9.47. The minimum atomic E-state index is -4.94. The monoisotopic (exact) mass is 580 g/mol. The number of hydrogen-bond donors (Lipinski definition) is 3. The van der Waals surface area contributed by atoms with Gasteiger partial charge in [0.1, 0.15) is 17.3 Å². The highest BCUT2D eigenvalue weighted by Crippen LogP contribution is 2.41. The fourth-order valence-electron chi connectivity index (χ4n) is 3.54. The van der Waals surface area contributed by atoms with Crippen molar-refractivity contribution in [2.45, 2.75) is 19.2 Å². The van der Waals surface area contributed by atoms with Crippen LogP contribution < -0.4 is 25.8 Å². The van der Waals surface area contributed by atoms with Gasteiger partial charge in [-0.05, 0) is 49.2 Å². The van der Waals surface area contributed by atoms with E-state index in [4.69, 9.17) is 22.1 Å². The number of halogens is 5. The molecule has 4 N–H and O–H groups in total. The zero-order chi connectivity index (χ0) is 27.9. The Morgan fingerprint density at radius 2 is 1.85 bits per heavy atom. The van der Waals surface area contributed by atoms with Crippen molar-refractivity contribution < 1.29 is 36.6 Å². The number of rotatable bonds is 7. The van der Waals surface area contributed by atoms with Gasteiger partial charge in [0.25, 0.3) is 5.91 Å². The topological polar surface area (TPSA) is 116 Å². The number of hydrogen-bond acceptors (Lipinski definition) is 7. The number of amides is 2. The third kappa shape index (κ3) is 6.15. The van der Waals surface area contributed by atoms with Crippen molar-refractivity contribution in [2.24, 2.45) is 5.92 Å². The minimum absolute atomic E-state index is 0.000668. The van der Waals surface area contributed by atoms with Crippen LogP contribution in [0.2, 0.25) is 5.02 Å². The van der Waals surface area contributed by atoms with Crippen molar-refractivity contribution in [3.8, 4) is 17.2 Å². The number of nitrogens with two attached hydrogens (primary N) is 1. The lowest BCUT2D eigenvalue weighted by Gasteiger charge is -2.14. The molecule has 1 heterocycles. The third-order valence-corrected chi connectivity index (χ3v) is 6.87. The van der Waals surface area contributed by atoms with E-state index in [1.807, 2.05) is 0 Å². The zero-order valence-electron chi connectivity index (χ0n) is 19.6. The number of nitrogens with one attached hydrogen (secondary N) is 2. The maximum absolute atomic E-state index is 14.6. The minimum Gasteiger partial charge on any atom is -0.453 e. The number of nitrogens with zero attached hydrogens (tertiary/aromatic N) is 1. The maximum atomic E-state index is 14.6. The van der Waals surface area contributed by atoms with Gasteiger partial charge in [-0.25, -0.2) is 9.37 Å². The van der Waals surface area contributed by atoms with Crippen LogP contribution in [0.1, 0.15) is 23.2 Å². The Balaban J connectivity index is 1.36. The summed E-state index contributed by atoms with van der Waals surface area (Å²) in [6.07, 6.45) is -3.26. The van der Waals surface area contributed by atoms with E-state index in [0.29, 0.717) is 15.3 Å². The van der Waals surface area contributed by atoms with E-state index >= 15 is 0 Å². The Labute approximate surface area is 226 Å². The molecule has 0 saturated heterocycles. The van der Waals surface area contributed by atoms with Crippen molar-refractivity contribution in [3.63, 3.8) is 0 Å². The summed E-state index contributed by atoms with van der Waals surface area (Å²) in [7, 11) is 0. The molecule has 1 saturated carbocycles. The van der Waals surface area contributed by atoms with Gasteiger partial charge >= 0.3 is 6.36 Å². The predicted octanol–water partition coefficient (Wildman–Crippen LogP) is 6.96. The molecule has 0 radical (unpaired) electrons. The number of ether oxygens (including phenoxy) is 2. The SMILES string of the molecule is Nc1c(Oc2cc(NC(=O)c3cccc(OC(F)(F)F)c3)c(F)cc2Cl)ccc2nc(NC(=O)C3CC3)sc12. The van der Waals surface area contributed by atoms with Gasteiger partial charge in [0.2, 0.25) is 5.91 Å². The molecule has 1 aliphatic carbocycles. The fraction of sp³-hybridized carbons (Fsp3) is 0.160. The molecule has 1 aliphatic rings. The van der Waals surface area contributed by atoms with Gasteiger partial charge in [0.15, 0.2) is 10.9 Å². The van der Waals surface area contributed by atoms with Crippen molar-refractivity contribution >= 4 is 61.5 Å². The standard InChI is InChI=1S/C25H17ClF4N4O4S/c26-14-9-15(27)17(32-23(36)12-2-1-3-13(8-12)38-25(28,29)30)10-19(14)37-18-7-6-16-21(20(18)31)39-24(33-16)34-22(35)11-4-5-11/h1-3,6-11H,4-5,31H2,(H,32,36)(H,33,34,35). The molecular formula is C25H17ClF4N4O4S. The van der Waals surface area contributed by atoms with Crippen LogP contribution in [0.4, 0.5) is 34.1 Å². The fourth-order valence-corrected chi connectivity index (χ4v) is 4.65. The van der Waals surface area contributed by atoms with E-state index in [9.17, 15) is 27.2 Å². The highest BCUT2D eigenvalue weighted by Gasteiger charge is 2.31. The number of anilines is 3. The Morgan fingerprint density at radius 1 is 1.08 bits per heavy atom. The van der Waals surface area contributed by atoms with E-state index in [1.165, 1.54) is 18.2 Å². The van der Waals surface area contributed by atoms with Crippen LogP contribution in [0.3, 0.4) is 0 Å². The quantitative estimate of drug-likeness (QED) is 0.161. The van der Waals surface area contributed by atoms with Gasteiger partial charge < -0.3 is 25.8 Å². The summed E-state index contributed by atoms with van der Waals surface area (Å²) >= 11 is 7.32. The molecule has 4 aromatic rings. The Bertz CT molecular complexity index is 1610. The molecule has 1 fully saturated rings. The lowest BCUT2D eigenvalue weighted by Crippen LogP contribution is -2.18. The lowest BCUT2D eigenvalue weighted by molar-refractivity contribution is -0.274. The molecule has 8 nitrogen and oxygen atoms in total. The summed E-state index contributed by atoms with van der Waals surface area (Å²) in [5.41, 5.74) is 6.45. The second-order valence-electron chi connectivity index (χ2n) is 8.50. The molecule has 0 aliphatic heterocycles. The number of nitrogen functional groups attached to an aromatic ring is 1. The summed E-state index contributed by atoms with van der Waals surface area (Å²) in [6.45, 7) is 0. The van der Waals surface area contributed by atoms with Crippen molar-refractivity contribution in [1.82, 2.24) is 4.98 Å². The summed E-state index contributed by atoms with van der Waals surface area (Å²) < 4.78 is 62.3. The van der Waals surface area contributed by atoms with Crippen molar-refractivity contribution in [1.29, 1.82) is 0 Å². The number of carbonyl (C=O) groups is 2. The van der Waals surface area contributed by atoms with Gasteiger partial charge in [-0.1, -0.05) is 29.0 Å². The van der Waals surface area contributed by atoms with Gasteiger partial charge in [0.05, 0.1) is 26.6 Å². The molecule has 0 unspecified atom stereocenters. The first-order chi connectivity index (χ1) is 18.5. The Kier molecular flexibility index (Phi) is 6.95. The van der Waals surface area contributed by atoms with E-state index in [2.05, 4.69) is 20.4 Å². The number of carbonyl (C=O) groups excluding carboxylic acids is 2. The van der Waals surface area contributed by atoms with Crippen LogP contribution >= 0.6 is 22.9 Å². The van der Waals surface area contributed by atoms with E-state index in [1.54, 1.807) is 6.07 Å². The molecule has 2 amide bonds. The molecule has 202 valence electrons. The Morgan fingerprint density at radius 3 is 2.56 bits per heavy atom. The Hall–Kier alpha value is -4.10. The van der Waals surface area contributed by atoms with Crippen molar-refractivity contribution in [3.05, 3.63) is 64.9 Å². The lowest BCUT2D eigenvalue weighted by atomic mass is 10.2. The summed E-state index contributed by atoms with van der Waals surface area (Å²) in [5.74, 6) is -2.42. The van der Waals surface area contributed by atoms with Crippen LogP contribution in [0.25, 0.3) is 10.2 Å². The van der Waals surface area contributed by atoms with E-state index in [-0.39, 0.29) is 45.3 Å². The van der Waals surface area contributed by atoms with Gasteiger partial charge in [0, 0.05) is 17.5 Å². The second-order valence-corrected chi connectivity index (χ2v) is 9.91. The number of fused-ring (bicyclic) bond motifs is 1. The molecule has 0 bridgehead atoms. The van der Waals surface area contributed by atoms with Crippen LogP contribution in [-0.2, 0) is 4.79 Å². The van der Waals surface area contributed by atoms with Crippen LogP contribution in [0.5, 0.6) is 17.2 Å². The van der Waals surface area contributed by atoms with E-state index in [0.717, 1.165) is 48.4 Å². The number of alkyl halides is 3. The van der Waals surface area contributed by atoms with Gasteiger partial charge in [-0.15, -0.1) is 13.2 Å². The average Bonchev–Trinajstić information content (AvgIpc) is 3.63. The number of thiazole rings is 1. The highest BCUT2D eigenvalue weighted by molar-refractivity contribution is 7.23. The summed E-state index contributed by atoms with van der Waals surface area (Å²) in [4.78, 5) is 29.0. The first kappa shape index (κ1) is 26.5. The predicted molar refractivity (Wildman–Crippen MR) is 138 cm³/mol. The van der Waals surface area contributed by atoms with Gasteiger partial charge in [-0.2, -0.15) is 0 Å². The first-order valence-electron chi connectivity index (χ1n) is 11.3. The largest absolute Gasteiger partial charge is 0.573 e. The molecule has 3 aromatic carbocycles. The molecule has 1 aromatic heterocycles. The number of aromatic nitrogens is 1.